The molecular formula is C15H21NO4. The quantitative estimate of drug-likeness (QED) is 0.801. The third-order valence-electron chi connectivity index (χ3n) is 3.37. The minimum atomic E-state index is -0.815. The number of morpholine rings is 1. The van der Waals surface area contributed by atoms with E-state index in [1.54, 1.807) is 0 Å². The molecule has 1 saturated heterocycles. The normalized spacial score (nSPS) is 19.8. The summed E-state index contributed by atoms with van der Waals surface area (Å²) in [6.45, 7) is 4.87. The average molecular weight is 279 g/mol. The van der Waals surface area contributed by atoms with E-state index in [1.807, 2.05) is 36.1 Å². The predicted molar refractivity (Wildman–Crippen MR) is 75.1 cm³/mol. The zero-order chi connectivity index (χ0) is 14.4. The summed E-state index contributed by atoms with van der Waals surface area (Å²) in [5.41, 5.74) is 1.17. The summed E-state index contributed by atoms with van der Waals surface area (Å²) in [5.74, 6) is 0.0473. The number of aliphatic carboxylic acids is 1. The molecule has 1 aliphatic rings. The lowest BCUT2D eigenvalue weighted by Gasteiger charge is -2.32. The highest BCUT2D eigenvalue weighted by molar-refractivity contribution is 5.73. The third-order valence-corrected chi connectivity index (χ3v) is 3.37. The highest BCUT2D eigenvalue weighted by Crippen LogP contribution is 2.13. The van der Waals surface area contributed by atoms with Crippen molar-refractivity contribution in [2.45, 2.75) is 19.4 Å². The Hall–Kier alpha value is -1.59. The lowest BCUT2D eigenvalue weighted by molar-refractivity contribution is -0.149. The number of carboxylic acids is 1. The molecule has 0 amide bonds. The molecule has 0 bridgehead atoms. The number of ether oxygens (including phenoxy) is 2. The first-order valence-electron chi connectivity index (χ1n) is 6.91. The second-order valence-corrected chi connectivity index (χ2v) is 4.98. The number of carbonyl (C=O) groups is 1. The van der Waals surface area contributed by atoms with Crippen LogP contribution in [0.1, 0.15) is 12.0 Å². The summed E-state index contributed by atoms with van der Waals surface area (Å²) in [7, 11) is 0. The number of nitrogens with zero attached hydrogens (tertiary/aromatic N) is 1. The van der Waals surface area contributed by atoms with Crippen LogP contribution in [0.25, 0.3) is 0 Å². The highest BCUT2D eigenvalue weighted by atomic mass is 16.5. The van der Waals surface area contributed by atoms with E-state index in [0.29, 0.717) is 26.3 Å². The van der Waals surface area contributed by atoms with Crippen molar-refractivity contribution in [1.29, 1.82) is 0 Å². The van der Waals surface area contributed by atoms with Crippen molar-refractivity contribution in [2.24, 2.45) is 0 Å². The van der Waals surface area contributed by atoms with Crippen molar-refractivity contribution in [2.75, 3.05) is 32.9 Å². The van der Waals surface area contributed by atoms with E-state index in [-0.39, 0.29) is 6.61 Å². The minimum absolute atomic E-state index is 0.272. The van der Waals surface area contributed by atoms with Crippen LogP contribution in [0.15, 0.2) is 24.3 Å². The van der Waals surface area contributed by atoms with E-state index >= 15 is 0 Å². The van der Waals surface area contributed by atoms with Gasteiger partial charge in [-0.05, 0) is 31.0 Å². The predicted octanol–water partition coefficient (Wildman–Crippen LogP) is 1.55. The zero-order valence-electron chi connectivity index (χ0n) is 11.7. The smallest absolute Gasteiger partial charge is 0.323 e. The summed E-state index contributed by atoms with van der Waals surface area (Å²) in [6, 6.07) is 7.39. The van der Waals surface area contributed by atoms with Crippen molar-refractivity contribution in [1.82, 2.24) is 4.90 Å². The van der Waals surface area contributed by atoms with E-state index in [0.717, 1.165) is 12.2 Å². The standard InChI is InChI=1S/C15H21NO4/c1-12-4-2-5-13(10-12)20-8-3-6-16-7-9-19-11-14(16)15(17)18/h2,4-5,10,14H,3,6-9,11H2,1H3,(H,17,18). The van der Waals surface area contributed by atoms with E-state index < -0.39 is 12.0 Å². The number of carboxylic acid groups (broad SMARTS) is 1. The second-order valence-electron chi connectivity index (χ2n) is 4.98. The van der Waals surface area contributed by atoms with Gasteiger partial charge in [-0.2, -0.15) is 0 Å². The van der Waals surface area contributed by atoms with Crippen LogP contribution in [0.3, 0.4) is 0 Å². The molecule has 1 atom stereocenters. The Bertz CT molecular complexity index is 449. The molecular weight excluding hydrogens is 258 g/mol. The molecule has 5 heteroatoms. The molecule has 2 rings (SSSR count). The van der Waals surface area contributed by atoms with Gasteiger partial charge in [0.2, 0.25) is 0 Å². The van der Waals surface area contributed by atoms with Crippen molar-refractivity contribution < 1.29 is 19.4 Å². The summed E-state index contributed by atoms with van der Waals surface area (Å²) in [4.78, 5) is 13.1. The molecule has 1 aromatic carbocycles. The molecule has 0 saturated carbocycles. The molecule has 1 aromatic rings. The molecule has 110 valence electrons. The van der Waals surface area contributed by atoms with Crippen LogP contribution >= 0.6 is 0 Å². The monoisotopic (exact) mass is 279 g/mol. The van der Waals surface area contributed by atoms with Gasteiger partial charge in [-0.1, -0.05) is 12.1 Å². The largest absolute Gasteiger partial charge is 0.494 e. The van der Waals surface area contributed by atoms with E-state index in [1.165, 1.54) is 5.56 Å². The van der Waals surface area contributed by atoms with Gasteiger partial charge in [0.1, 0.15) is 11.8 Å². The first-order valence-corrected chi connectivity index (χ1v) is 6.91. The molecule has 1 N–H and O–H groups in total. The van der Waals surface area contributed by atoms with Gasteiger partial charge in [-0.15, -0.1) is 0 Å². The van der Waals surface area contributed by atoms with Gasteiger partial charge >= 0.3 is 5.97 Å². The van der Waals surface area contributed by atoms with Crippen LogP contribution in [0.2, 0.25) is 0 Å². The lowest BCUT2D eigenvalue weighted by Crippen LogP contribution is -2.50. The molecule has 0 radical (unpaired) electrons. The van der Waals surface area contributed by atoms with Gasteiger partial charge in [0.25, 0.3) is 0 Å². The SMILES string of the molecule is Cc1cccc(OCCCN2CCOCC2C(=O)O)c1. The average Bonchev–Trinajstić information content (AvgIpc) is 2.44. The molecule has 1 heterocycles. The number of hydrogen-bond acceptors (Lipinski definition) is 4. The van der Waals surface area contributed by atoms with Crippen LogP contribution in [-0.2, 0) is 9.53 Å². The number of benzene rings is 1. The second kappa shape index (κ2) is 7.26. The Balaban J connectivity index is 1.73. The maximum absolute atomic E-state index is 11.1. The number of rotatable bonds is 6. The van der Waals surface area contributed by atoms with E-state index in [9.17, 15) is 4.79 Å². The topological polar surface area (TPSA) is 59.0 Å². The Morgan fingerprint density at radius 1 is 1.55 bits per heavy atom. The van der Waals surface area contributed by atoms with E-state index in [4.69, 9.17) is 14.6 Å². The van der Waals surface area contributed by atoms with Gasteiger partial charge < -0.3 is 14.6 Å². The first-order chi connectivity index (χ1) is 9.66. The molecule has 5 nitrogen and oxygen atoms in total. The maximum atomic E-state index is 11.1. The van der Waals surface area contributed by atoms with Crippen molar-refractivity contribution in [3.63, 3.8) is 0 Å². The fourth-order valence-corrected chi connectivity index (χ4v) is 2.30. The van der Waals surface area contributed by atoms with Crippen LogP contribution in [0, 0.1) is 6.92 Å². The number of hydrogen-bond donors (Lipinski definition) is 1. The molecule has 20 heavy (non-hydrogen) atoms. The summed E-state index contributed by atoms with van der Waals surface area (Å²) < 4.78 is 10.9. The Kier molecular flexibility index (Phi) is 5.38. The number of aryl methyl sites for hydroxylation is 1. The minimum Gasteiger partial charge on any atom is -0.494 e. The van der Waals surface area contributed by atoms with Gasteiger partial charge in [-0.25, -0.2) is 0 Å². The fraction of sp³-hybridized carbons (Fsp3) is 0.533. The molecule has 1 aliphatic heterocycles. The summed E-state index contributed by atoms with van der Waals surface area (Å²) in [5, 5.41) is 9.12. The van der Waals surface area contributed by atoms with Gasteiger partial charge in [0.05, 0.1) is 19.8 Å². The first kappa shape index (κ1) is 14.8. The molecule has 0 aliphatic carbocycles. The van der Waals surface area contributed by atoms with Crippen molar-refractivity contribution >= 4 is 5.97 Å². The van der Waals surface area contributed by atoms with Crippen LogP contribution in [0.4, 0.5) is 0 Å². The Morgan fingerprint density at radius 3 is 3.15 bits per heavy atom. The van der Waals surface area contributed by atoms with Crippen molar-refractivity contribution in [3.05, 3.63) is 29.8 Å². The molecule has 0 spiro atoms. The van der Waals surface area contributed by atoms with Gasteiger partial charge in [0.15, 0.2) is 0 Å². The maximum Gasteiger partial charge on any atom is 0.323 e. The Labute approximate surface area is 119 Å². The zero-order valence-corrected chi connectivity index (χ0v) is 11.7. The van der Waals surface area contributed by atoms with Crippen LogP contribution < -0.4 is 4.74 Å². The fourth-order valence-electron chi connectivity index (χ4n) is 2.30. The molecule has 1 fully saturated rings. The van der Waals surface area contributed by atoms with Gasteiger partial charge in [0, 0.05) is 13.1 Å². The highest BCUT2D eigenvalue weighted by Gasteiger charge is 2.28. The molecule has 1 unspecified atom stereocenters. The van der Waals surface area contributed by atoms with Crippen molar-refractivity contribution in [3.8, 4) is 5.75 Å². The third kappa shape index (κ3) is 4.21. The summed E-state index contributed by atoms with van der Waals surface area (Å²) in [6.07, 6.45) is 0.803. The van der Waals surface area contributed by atoms with Crippen LogP contribution in [-0.4, -0.2) is 54.9 Å². The molecule has 0 aromatic heterocycles. The lowest BCUT2D eigenvalue weighted by atomic mass is 10.2. The van der Waals surface area contributed by atoms with E-state index in [2.05, 4.69) is 0 Å². The van der Waals surface area contributed by atoms with Crippen LogP contribution in [0.5, 0.6) is 5.75 Å². The summed E-state index contributed by atoms with van der Waals surface area (Å²) >= 11 is 0. The van der Waals surface area contributed by atoms with Gasteiger partial charge in [-0.3, -0.25) is 9.69 Å². The Morgan fingerprint density at radius 2 is 2.40 bits per heavy atom.